The summed E-state index contributed by atoms with van der Waals surface area (Å²) in [5, 5.41) is 6.98. The molecule has 13 aromatic rings. The molecule has 0 aliphatic heterocycles. The molecule has 0 fully saturated rings. The van der Waals surface area contributed by atoms with Crippen LogP contribution in [-0.4, -0.2) is 13.5 Å². The van der Waals surface area contributed by atoms with Crippen LogP contribution in [0.3, 0.4) is 0 Å². The molecular weight excluding hydrogens is 739 g/mol. The number of hydrogen-bond acceptors (Lipinski definition) is 0. The second-order valence-corrected chi connectivity index (χ2v) is 15.6. The van der Waals surface area contributed by atoms with E-state index in [1.165, 1.54) is 0 Å². The Morgan fingerprint density at radius 1 is 0.377 bits per heavy atom. The lowest BCUT2D eigenvalue weighted by Crippen LogP contribution is -2.00. The normalized spacial score (nSPS) is 20.2. The van der Waals surface area contributed by atoms with Gasteiger partial charge in [-0.15, -0.1) is 0 Å². The summed E-state index contributed by atoms with van der Waals surface area (Å²) < 4.78 is 147. The quantitative estimate of drug-likeness (QED) is 0.169. The van der Waals surface area contributed by atoms with Gasteiger partial charge < -0.3 is 13.5 Å². The van der Waals surface area contributed by atoms with E-state index in [0.717, 1.165) is 82.3 Å². The maximum atomic E-state index is 9.93. The highest BCUT2D eigenvalue weighted by atomic mass is 15.0. The van der Waals surface area contributed by atoms with E-state index in [1.807, 2.05) is 72.8 Å². The summed E-state index contributed by atoms with van der Waals surface area (Å²) in [6.45, 7) is 0. The van der Waals surface area contributed by atoms with Gasteiger partial charge in [0.15, 0.2) is 0 Å². The Morgan fingerprint density at radius 3 is 1.28 bits per heavy atom. The van der Waals surface area contributed by atoms with Crippen LogP contribution in [0.2, 0.25) is 0 Å². The molecule has 61 heavy (non-hydrogen) atoms. The SMILES string of the molecule is [2H]c1c([2H])c2c([2H])c([2H])c1C([2H])([2H])C([2H])([2H])c1c([2H])c([2H])c(c(-c3cc4c5ccc(-n6c7ccccc7c7ccccc76)cc5n5c6cc(-n7c8ccccc8c8ccccc87)ccc6c(c3)c45)c1[2H])C([2H])([2H])C2([2H])[2H]. The Labute approximate surface area is 373 Å². The molecule has 0 saturated carbocycles. The van der Waals surface area contributed by atoms with E-state index in [4.69, 9.17) is 5.48 Å². The first-order valence-electron chi connectivity index (χ1n) is 27.7. The molecule has 3 nitrogen and oxygen atoms in total. The molecule has 4 heterocycles. The first-order valence-corrected chi connectivity index (χ1v) is 20.2. The summed E-state index contributed by atoms with van der Waals surface area (Å²) in [5.74, 6) is 0. The molecule has 4 aliphatic carbocycles. The fourth-order valence-electron chi connectivity index (χ4n) is 9.81. The minimum absolute atomic E-state index is 0.0450. The van der Waals surface area contributed by atoms with Gasteiger partial charge in [0.05, 0.1) is 48.2 Å². The van der Waals surface area contributed by atoms with Crippen molar-refractivity contribution in [3.63, 3.8) is 0 Å². The van der Waals surface area contributed by atoms with Gasteiger partial charge >= 0.3 is 0 Å². The third-order valence-corrected chi connectivity index (χ3v) is 12.4. The number of nitrogens with zero attached hydrogens (tertiary/aromatic N) is 3. The average molecular weight is 793 g/mol. The van der Waals surface area contributed by atoms with Crippen molar-refractivity contribution in [1.82, 2.24) is 13.5 Å². The zero-order valence-electron chi connectivity index (χ0n) is 47.2. The second-order valence-electron chi connectivity index (χ2n) is 15.6. The van der Waals surface area contributed by atoms with E-state index < -0.39 is 95.6 Å². The van der Waals surface area contributed by atoms with Crippen LogP contribution in [-0.2, 0) is 25.5 Å². The third kappa shape index (κ3) is 4.75. The second kappa shape index (κ2) is 12.5. The van der Waals surface area contributed by atoms with Crippen molar-refractivity contribution in [3.05, 3.63) is 210 Å². The molecule has 4 aliphatic rings. The maximum absolute atomic E-state index is 9.93. The van der Waals surface area contributed by atoms with Gasteiger partial charge in [0.25, 0.3) is 0 Å². The summed E-state index contributed by atoms with van der Waals surface area (Å²) in [4.78, 5) is 0. The fourth-order valence-corrected chi connectivity index (χ4v) is 9.81. The molecule has 9 aromatic carbocycles. The number of aromatic nitrogens is 3. The van der Waals surface area contributed by atoms with Gasteiger partial charge in [0, 0.05) is 65.4 Å². The van der Waals surface area contributed by atoms with E-state index >= 15 is 0 Å². The van der Waals surface area contributed by atoms with Crippen LogP contribution in [0.4, 0.5) is 0 Å². The molecule has 286 valence electrons. The van der Waals surface area contributed by atoms with Crippen LogP contribution in [0.5, 0.6) is 0 Å². The molecule has 0 spiro atoms. The molecule has 0 radical (unpaired) electrons. The molecule has 4 aromatic heterocycles. The van der Waals surface area contributed by atoms with Crippen molar-refractivity contribution in [2.75, 3.05) is 0 Å². The van der Waals surface area contributed by atoms with Crippen LogP contribution in [0.15, 0.2) is 188 Å². The highest BCUT2D eigenvalue weighted by Gasteiger charge is 2.23. The van der Waals surface area contributed by atoms with Gasteiger partial charge in [-0.25, -0.2) is 0 Å². The molecule has 0 unspecified atom stereocenters. The van der Waals surface area contributed by atoms with Gasteiger partial charge in [-0.3, -0.25) is 0 Å². The lowest BCUT2D eigenvalue weighted by Gasteiger charge is -2.15. The predicted molar refractivity (Wildman–Crippen MR) is 256 cm³/mol. The van der Waals surface area contributed by atoms with Crippen molar-refractivity contribution < 1.29 is 20.6 Å². The van der Waals surface area contributed by atoms with Crippen LogP contribution in [0.1, 0.15) is 42.8 Å². The Kier molecular flexibility index (Phi) is 4.51. The smallest absolute Gasteiger partial charge is 0.0632 e. The number of benzene rings is 9. The molecule has 0 atom stereocenters. The lowest BCUT2D eigenvalue weighted by atomic mass is 9.89. The predicted octanol–water partition coefficient (Wildman–Crippen LogP) is 14.6. The fraction of sp³-hybridized carbons (Fsp3) is 0.0690. The first-order chi connectivity index (χ1) is 36.2. The zero-order valence-corrected chi connectivity index (χ0v) is 32.2. The topological polar surface area (TPSA) is 14.3 Å². The summed E-state index contributed by atoms with van der Waals surface area (Å²) in [5.41, 5.74) is 3.54. The minimum atomic E-state index is -3.52. The van der Waals surface area contributed by atoms with Crippen molar-refractivity contribution in [3.8, 4) is 22.5 Å². The molecule has 0 N–H and O–H groups in total. The number of hydrogen-bond donors (Lipinski definition) is 0. The summed E-state index contributed by atoms with van der Waals surface area (Å²) in [6.07, 6.45) is -14.1. The van der Waals surface area contributed by atoms with Crippen molar-refractivity contribution in [1.29, 1.82) is 0 Å². The Hall–Kier alpha value is -7.62. The van der Waals surface area contributed by atoms with Crippen molar-refractivity contribution in [2.45, 2.75) is 25.5 Å². The van der Waals surface area contributed by atoms with Gasteiger partial charge in [0.2, 0.25) is 0 Å². The number of fused-ring (bicyclic) bond motifs is 12. The van der Waals surface area contributed by atoms with E-state index in [9.17, 15) is 15.1 Å². The van der Waals surface area contributed by atoms with Crippen molar-refractivity contribution in [2.24, 2.45) is 0 Å². The van der Waals surface area contributed by atoms with E-state index in [-0.39, 0.29) is 5.56 Å². The van der Waals surface area contributed by atoms with Crippen LogP contribution < -0.4 is 0 Å². The largest absolute Gasteiger partial charge is 0.309 e. The maximum Gasteiger partial charge on any atom is 0.0632 e. The van der Waals surface area contributed by atoms with E-state index in [0.29, 0.717) is 10.8 Å². The number of para-hydroxylation sites is 4. The molecule has 4 bridgehead atoms. The van der Waals surface area contributed by atoms with E-state index in [2.05, 4.69) is 74.2 Å². The molecule has 0 amide bonds. The monoisotopic (exact) mass is 792 g/mol. The van der Waals surface area contributed by atoms with Gasteiger partial charge in [-0.2, -0.15) is 0 Å². The van der Waals surface area contributed by atoms with Gasteiger partial charge in [0.1, 0.15) is 0 Å². The summed E-state index contributed by atoms with van der Waals surface area (Å²) >= 11 is 0. The highest BCUT2D eigenvalue weighted by Crippen LogP contribution is 2.45. The van der Waals surface area contributed by atoms with Gasteiger partial charge in [-0.1, -0.05) is 127 Å². The van der Waals surface area contributed by atoms with Gasteiger partial charge in [-0.05, 0) is 120 Å². The first kappa shape index (κ1) is 22.1. The number of rotatable bonds is 3. The van der Waals surface area contributed by atoms with Crippen molar-refractivity contribution >= 4 is 81.7 Å². The summed E-state index contributed by atoms with van der Waals surface area (Å²) in [6, 6.07) is 40.9. The molecule has 0 saturated heterocycles. The molecule has 17 rings (SSSR count). The molecule has 3 heteroatoms. The zero-order chi connectivity index (χ0) is 53.0. The Balaban J connectivity index is 1.13. The van der Waals surface area contributed by atoms with Crippen LogP contribution >= 0.6 is 0 Å². The van der Waals surface area contributed by atoms with E-state index in [1.54, 1.807) is 12.1 Å². The van der Waals surface area contributed by atoms with Crippen LogP contribution in [0, 0.1) is 0 Å². The third-order valence-electron chi connectivity index (χ3n) is 12.4. The summed E-state index contributed by atoms with van der Waals surface area (Å²) in [7, 11) is 0. The standard InChI is InChI=1S/C58H39N3/c1-5-13-52-43(9-1)44-10-2-6-14-53(44)59(52)41-27-29-47-50-32-40(49-31-38-22-21-36-17-19-37(20-18-36)23-25-39(49)26-24-38)33-51-48-30-28-42(35-57(48)61(58(50)51)56(47)34-41)60-54-15-7-3-11-45(54)46-12-4-8-16-55(46)60/h1-20,24,26-35H,21-23,25H2/i17D,18D,19D,20D,21D2,22D2,23D2,24D,25D2,26D,31D. The Bertz CT molecular complexity index is 4420. The minimum Gasteiger partial charge on any atom is -0.309 e. The average Bonchev–Trinajstić information content (AvgIpc) is 4.27. The molecular formula is C58H39N3. The lowest BCUT2D eigenvalue weighted by molar-refractivity contribution is 0.923. The highest BCUT2D eigenvalue weighted by molar-refractivity contribution is 6.25. The Morgan fingerprint density at radius 2 is 0.787 bits per heavy atom. The van der Waals surface area contributed by atoms with Crippen LogP contribution in [0.25, 0.3) is 104 Å².